The average Bonchev–Trinajstić information content (AvgIpc) is 2.73. The van der Waals surface area contributed by atoms with E-state index >= 15 is 0 Å². The van der Waals surface area contributed by atoms with Crippen LogP contribution in [0.25, 0.3) is 0 Å². The Labute approximate surface area is 179 Å². The van der Waals surface area contributed by atoms with Gasteiger partial charge in [-0.05, 0) is 74.9 Å². The molecule has 1 amide bonds. The Morgan fingerprint density at radius 2 is 1.60 bits per heavy atom. The number of anilines is 1. The number of aryl methyl sites for hydroxylation is 2. The molecule has 1 aliphatic heterocycles. The molecule has 0 saturated carbocycles. The fraction of sp³-hybridized carbons (Fsp3) is 0.435. The standard InChI is InChI=1S/C23H30N2O4S/c1-15-14-16(2)18(4)22(17(15)3)30(27,28)25-12-10-19(11-13-25)23(26)24-20-8-6-7-9-21(20)29-5/h6-9,14,19H,10-13H2,1-5H3,(H,24,26). The maximum Gasteiger partial charge on any atom is 0.243 e. The molecule has 6 nitrogen and oxygen atoms in total. The highest BCUT2D eigenvalue weighted by Gasteiger charge is 2.34. The fourth-order valence-corrected chi connectivity index (χ4v) is 6.08. The Bertz CT molecular complexity index is 1030. The number of amides is 1. The molecule has 162 valence electrons. The molecular weight excluding hydrogens is 400 g/mol. The number of sulfonamides is 1. The van der Waals surface area contributed by atoms with E-state index in [0.717, 1.165) is 22.3 Å². The van der Waals surface area contributed by atoms with Crippen molar-refractivity contribution in [2.24, 2.45) is 5.92 Å². The van der Waals surface area contributed by atoms with Crippen LogP contribution < -0.4 is 10.1 Å². The Morgan fingerprint density at radius 3 is 2.17 bits per heavy atom. The van der Waals surface area contributed by atoms with E-state index in [9.17, 15) is 13.2 Å². The van der Waals surface area contributed by atoms with Crippen LogP contribution in [0.4, 0.5) is 5.69 Å². The summed E-state index contributed by atoms with van der Waals surface area (Å²) in [5.74, 6) is 0.268. The molecule has 0 aromatic heterocycles. The second kappa shape index (κ2) is 8.78. The predicted molar refractivity (Wildman–Crippen MR) is 118 cm³/mol. The van der Waals surface area contributed by atoms with Crippen molar-refractivity contribution in [1.82, 2.24) is 4.31 Å². The summed E-state index contributed by atoms with van der Waals surface area (Å²) in [6.45, 7) is 8.27. The minimum atomic E-state index is -3.61. The van der Waals surface area contributed by atoms with E-state index in [1.807, 2.05) is 45.9 Å². The van der Waals surface area contributed by atoms with E-state index in [-0.39, 0.29) is 11.8 Å². The molecule has 1 heterocycles. The van der Waals surface area contributed by atoms with Gasteiger partial charge >= 0.3 is 0 Å². The molecule has 2 aromatic rings. The maximum absolute atomic E-state index is 13.4. The van der Waals surface area contributed by atoms with E-state index in [1.54, 1.807) is 19.2 Å². The lowest BCUT2D eigenvalue weighted by Crippen LogP contribution is -2.41. The third-order valence-electron chi connectivity index (χ3n) is 6.08. The van der Waals surface area contributed by atoms with Crippen LogP contribution in [0.2, 0.25) is 0 Å². The summed E-state index contributed by atoms with van der Waals surface area (Å²) in [5, 5.41) is 2.92. The SMILES string of the molecule is COc1ccccc1NC(=O)C1CCN(S(=O)(=O)c2c(C)c(C)cc(C)c2C)CC1. The van der Waals surface area contributed by atoms with Gasteiger partial charge in [0, 0.05) is 19.0 Å². The monoisotopic (exact) mass is 430 g/mol. The number of nitrogens with zero attached hydrogens (tertiary/aromatic N) is 1. The lowest BCUT2D eigenvalue weighted by atomic mass is 9.97. The fourth-order valence-electron chi connectivity index (χ4n) is 4.04. The van der Waals surface area contributed by atoms with Gasteiger partial charge in [-0.1, -0.05) is 18.2 Å². The normalized spacial score (nSPS) is 15.8. The van der Waals surface area contributed by atoms with Crippen LogP contribution in [0.3, 0.4) is 0 Å². The molecule has 30 heavy (non-hydrogen) atoms. The maximum atomic E-state index is 13.4. The van der Waals surface area contributed by atoms with Crippen LogP contribution in [0.15, 0.2) is 35.2 Å². The number of ether oxygens (including phenoxy) is 1. The third-order valence-corrected chi connectivity index (χ3v) is 8.26. The summed E-state index contributed by atoms with van der Waals surface area (Å²) >= 11 is 0. The topological polar surface area (TPSA) is 75.7 Å². The zero-order valence-electron chi connectivity index (χ0n) is 18.3. The smallest absolute Gasteiger partial charge is 0.243 e. The number of hydrogen-bond acceptors (Lipinski definition) is 4. The van der Waals surface area contributed by atoms with Crippen molar-refractivity contribution in [3.05, 3.63) is 52.6 Å². The Balaban J connectivity index is 1.73. The molecule has 0 radical (unpaired) electrons. The number of methoxy groups -OCH3 is 1. The molecule has 1 saturated heterocycles. The Morgan fingerprint density at radius 1 is 1.03 bits per heavy atom. The van der Waals surface area contributed by atoms with Crippen LogP contribution in [0, 0.1) is 33.6 Å². The lowest BCUT2D eigenvalue weighted by molar-refractivity contribution is -0.120. The molecule has 1 N–H and O–H groups in total. The Hall–Kier alpha value is -2.38. The minimum Gasteiger partial charge on any atom is -0.495 e. The predicted octanol–water partition coefficient (Wildman–Crippen LogP) is 3.97. The zero-order valence-corrected chi connectivity index (χ0v) is 19.1. The van der Waals surface area contributed by atoms with E-state index in [2.05, 4.69) is 5.32 Å². The first-order chi connectivity index (χ1) is 14.2. The molecule has 0 unspecified atom stereocenters. The highest BCUT2D eigenvalue weighted by Crippen LogP contribution is 2.32. The number of nitrogens with one attached hydrogen (secondary N) is 1. The van der Waals surface area contributed by atoms with Gasteiger partial charge < -0.3 is 10.1 Å². The van der Waals surface area contributed by atoms with Crippen molar-refractivity contribution in [1.29, 1.82) is 0 Å². The number of hydrogen-bond donors (Lipinski definition) is 1. The molecule has 1 aliphatic rings. The summed E-state index contributed by atoms with van der Waals surface area (Å²) in [7, 11) is -2.04. The van der Waals surface area contributed by atoms with E-state index in [1.165, 1.54) is 4.31 Å². The second-order valence-corrected chi connectivity index (χ2v) is 9.83. The van der Waals surface area contributed by atoms with Crippen molar-refractivity contribution in [3.8, 4) is 5.75 Å². The summed E-state index contributed by atoms with van der Waals surface area (Å²) in [6.07, 6.45) is 0.978. The van der Waals surface area contributed by atoms with Crippen LogP contribution in [0.1, 0.15) is 35.1 Å². The van der Waals surface area contributed by atoms with Crippen LogP contribution in [0.5, 0.6) is 5.75 Å². The number of carbonyl (C=O) groups is 1. The van der Waals surface area contributed by atoms with Crippen molar-refractivity contribution in [2.45, 2.75) is 45.4 Å². The molecule has 7 heteroatoms. The van der Waals surface area contributed by atoms with Crippen LogP contribution in [-0.4, -0.2) is 38.8 Å². The second-order valence-electron chi connectivity index (χ2n) is 7.96. The first-order valence-electron chi connectivity index (χ1n) is 10.2. The quantitative estimate of drug-likeness (QED) is 0.779. The lowest BCUT2D eigenvalue weighted by Gasteiger charge is -2.32. The number of para-hydroxylation sites is 2. The number of rotatable bonds is 5. The van der Waals surface area contributed by atoms with Gasteiger partial charge in [-0.3, -0.25) is 4.79 Å². The molecule has 0 spiro atoms. The van der Waals surface area contributed by atoms with Gasteiger partial charge in [0.1, 0.15) is 5.75 Å². The molecule has 3 rings (SSSR count). The van der Waals surface area contributed by atoms with Gasteiger partial charge in [0.25, 0.3) is 0 Å². The molecule has 2 aromatic carbocycles. The van der Waals surface area contributed by atoms with Crippen molar-refractivity contribution >= 4 is 21.6 Å². The zero-order chi connectivity index (χ0) is 22.1. The molecule has 0 bridgehead atoms. The van der Waals surface area contributed by atoms with Gasteiger partial charge in [-0.25, -0.2) is 8.42 Å². The van der Waals surface area contributed by atoms with Crippen molar-refractivity contribution in [3.63, 3.8) is 0 Å². The number of benzene rings is 2. The Kier molecular flexibility index (Phi) is 6.53. The summed E-state index contributed by atoms with van der Waals surface area (Å²) in [5.41, 5.74) is 4.18. The molecular formula is C23H30N2O4S. The highest BCUT2D eigenvalue weighted by molar-refractivity contribution is 7.89. The van der Waals surface area contributed by atoms with E-state index < -0.39 is 10.0 Å². The van der Waals surface area contributed by atoms with E-state index in [0.29, 0.717) is 42.3 Å². The van der Waals surface area contributed by atoms with Crippen LogP contribution in [-0.2, 0) is 14.8 Å². The van der Waals surface area contributed by atoms with Gasteiger partial charge in [0.2, 0.25) is 15.9 Å². The summed E-state index contributed by atoms with van der Waals surface area (Å²) < 4.78 is 33.6. The summed E-state index contributed by atoms with van der Waals surface area (Å²) in [6, 6.07) is 9.29. The molecule has 0 atom stereocenters. The average molecular weight is 431 g/mol. The van der Waals surface area contributed by atoms with Crippen molar-refractivity contribution in [2.75, 3.05) is 25.5 Å². The number of carbonyl (C=O) groups excluding carboxylic acids is 1. The third kappa shape index (κ3) is 4.23. The van der Waals surface area contributed by atoms with Gasteiger partial charge in [-0.15, -0.1) is 0 Å². The highest BCUT2D eigenvalue weighted by atomic mass is 32.2. The van der Waals surface area contributed by atoms with Gasteiger partial charge in [-0.2, -0.15) is 4.31 Å². The largest absolute Gasteiger partial charge is 0.495 e. The first kappa shape index (κ1) is 22.3. The minimum absolute atomic E-state index is 0.102. The van der Waals surface area contributed by atoms with Gasteiger partial charge in [0.15, 0.2) is 0 Å². The van der Waals surface area contributed by atoms with Crippen molar-refractivity contribution < 1.29 is 17.9 Å². The number of piperidine rings is 1. The van der Waals surface area contributed by atoms with Gasteiger partial charge in [0.05, 0.1) is 17.7 Å². The van der Waals surface area contributed by atoms with Crippen LogP contribution >= 0.6 is 0 Å². The summed E-state index contributed by atoms with van der Waals surface area (Å²) in [4.78, 5) is 13.1. The first-order valence-corrected chi connectivity index (χ1v) is 11.6. The molecule has 0 aliphatic carbocycles. The molecule has 1 fully saturated rings. The van der Waals surface area contributed by atoms with E-state index in [4.69, 9.17) is 4.74 Å².